The van der Waals surface area contributed by atoms with E-state index in [-0.39, 0.29) is 11.8 Å². The molecule has 2 amide bonds. The topological polar surface area (TPSA) is 70.5 Å². The van der Waals surface area contributed by atoms with Crippen molar-refractivity contribution in [2.45, 2.75) is 58.4 Å². The minimum atomic E-state index is 0.0747. The van der Waals surface area contributed by atoms with Crippen LogP contribution >= 0.6 is 0 Å². The van der Waals surface area contributed by atoms with E-state index in [1.165, 1.54) is 24.8 Å². The van der Waals surface area contributed by atoms with Gasteiger partial charge in [0.25, 0.3) is 0 Å². The van der Waals surface area contributed by atoms with Gasteiger partial charge in [-0.1, -0.05) is 30.3 Å². The molecule has 1 aromatic carbocycles. The Morgan fingerprint density at radius 2 is 1.88 bits per heavy atom. The minimum Gasteiger partial charge on any atom is -0.356 e. The van der Waals surface area contributed by atoms with Crippen molar-refractivity contribution in [3.63, 3.8) is 0 Å². The van der Waals surface area contributed by atoms with Crippen LogP contribution in [0.4, 0.5) is 5.82 Å². The molecule has 1 aromatic heterocycles. The zero-order valence-electron chi connectivity index (χ0n) is 19.8. The molecule has 7 heteroatoms. The number of carbonyl (C=O) groups is 2. The van der Waals surface area contributed by atoms with Crippen LogP contribution in [-0.4, -0.2) is 59.2 Å². The highest BCUT2D eigenvalue weighted by Gasteiger charge is 2.25. The number of anilines is 1. The van der Waals surface area contributed by atoms with Crippen molar-refractivity contribution >= 4 is 17.6 Å². The van der Waals surface area contributed by atoms with Crippen molar-refractivity contribution in [2.24, 2.45) is 5.92 Å². The van der Waals surface area contributed by atoms with E-state index in [0.29, 0.717) is 32.4 Å². The molecule has 0 saturated carbocycles. The van der Waals surface area contributed by atoms with E-state index in [9.17, 15) is 9.59 Å². The van der Waals surface area contributed by atoms with Crippen LogP contribution in [-0.2, 0) is 22.6 Å². The fourth-order valence-electron chi connectivity index (χ4n) is 5.00. The number of nitrogens with one attached hydrogen (secondary N) is 1. The number of benzene rings is 1. The molecular weight excluding hydrogens is 414 g/mol. The van der Waals surface area contributed by atoms with Crippen LogP contribution in [0.25, 0.3) is 0 Å². The number of aromatic nitrogens is 2. The van der Waals surface area contributed by atoms with Gasteiger partial charge in [0, 0.05) is 32.0 Å². The molecule has 0 aliphatic carbocycles. The lowest BCUT2D eigenvalue weighted by Gasteiger charge is -2.32. The molecule has 2 aliphatic rings. The fourth-order valence-corrected chi connectivity index (χ4v) is 5.00. The van der Waals surface area contributed by atoms with E-state index < -0.39 is 0 Å². The molecule has 7 nitrogen and oxygen atoms in total. The molecule has 0 unspecified atom stereocenters. The van der Waals surface area contributed by atoms with Gasteiger partial charge in [-0.2, -0.15) is 5.10 Å². The number of aryl methyl sites for hydroxylation is 2. The van der Waals surface area contributed by atoms with Gasteiger partial charge in [0.05, 0.1) is 12.2 Å². The first-order valence-electron chi connectivity index (χ1n) is 12.5. The van der Waals surface area contributed by atoms with Crippen LogP contribution < -0.4 is 10.2 Å². The predicted octanol–water partition coefficient (Wildman–Crippen LogP) is 3.17. The maximum absolute atomic E-state index is 12.3. The molecule has 33 heavy (non-hydrogen) atoms. The average Bonchev–Trinajstić information content (AvgIpc) is 3.20. The lowest BCUT2D eigenvalue weighted by atomic mass is 9.90. The first-order valence-corrected chi connectivity index (χ1v) is 12.5. The quantitative estimate of drug-likeness (QED) is 0.564. The van der Waals surface area contributed by atoms with E-state index in [4.69, 9.17) is 0 Å². The zero-order valence-corrected chi connectivity index (χ0v) is 19.8. The van der Waals surface area contributed by atoms with Crippen LogP contribution in [0.3, 0.4) is 0 Å². The third-order valence-corrected chi connectivity index (χ3v) is 6.83. The highest BCUT2D eigenvalue weighted by molar-refractivity contribution is 5.93. The maximum Gasteiger partial charge on any atom is 0.229 e. The Hall–Kier alpha value is -2.67. The van der Waals surface area contributed by atoms with Gasteiger partial charge in [0.15, 0.2) is 0 Å². The smallest absolute Gasteiger partial charge is 0.229 e. The van der Waals surface area contributed by atoms with E-state index in [2.05, 4.69) is 45.6 Å². The normalized spacial score (nSPS) is 17.2. The number of amides is 2. The van der Waals surface area contributed by atoms with Gasteiger partial charge in [-0.05, 0) is 70.1 Å². The summed E-state index contributed by atoms with van der Waals surface area (Å²) in [5.41, 5.74) is 2.37. The fraction of sp³-hybridized carbons (Fsp3) is 0.577. The Balaban J connectivity index is 1.07. The molecule has 1 saturated heterocycles. The molecule has 4 rings (SSSR count). The first-order chi connectivity index (χ1) is 16.1. The highest BCUT2D eigenvalue weighted by Crippen LogP contribution is 2.23. The second-order valence-electron chi connectivity index (χ2n) is 9.44. The van der Waals surface area contributed by atoms with E-state index >= 15 is 0 Å². The minimum absolute atomic E-state index is 0.0747. The van der Waals surface area contributed by atoms with Crippen LogP contribution in [0, 0.1) is 12.8 Å². The Labute approximate surface area is 197 Å². The first kappa shape index (κ1) is 23.5. The van der Waals surface area contributed by atoms with Gasteiger partial charge in [0.2, 0.25) is 11.8 Å². The van der Waals surface area contributed by atoms with Crippen molar-refractivity contribution in [3.05, 3.63) is 47.7 Å². The molecule has 3 heterocycles. The van der Waals surface area contributed by atoms with E-state index in [0.717, 1.165) is 50.0 Å². The molecule has 0 bridgehead atoms. The van der Waals surface area contributed by atoms with Gasteiger partial charge < -0.3 is 10.2 Å². The highest BCUT2D eigenvalue weighted by atomic mass is 16.2. The molecule has 1 N–H and O–H groups in total. The Morgan fingerprint density at radius 1 is 1.09 bits per heavy atom. The largest absolute Gasteiger partial charge is 0.356 e. The molecule has 0 radical (unpaired) electrons. The maximum atomic E-state index is 12.3. The Kier molecular flexibility index (Phi) is 8.15. The Bertz CT molecular complexity index is 918. The lowest BCUT2D eigenvalue weighted by molar-refractivity contribution is -0.122. The van der Waals surface area contributed by atoms with Crippen molar-refractivity contribution in [1.82, 2.24) is 20.0 Å². The summed E-state index contributed by atoms with van der Waals surface area (Å²) in [4.78, 5) is 28.8. The van der Waals surface area contributed by atoms with Gasteiger partial charge >= 0.3 is 0 Å². The monoisotopic (exact) mass is 451 g/mol. The summed E-state index contributed by atoms with van der Waals surface area (Å²) in [5.74, 6) is 1.84. The van der Waals surface area contributed by atoms with Crippen molar-refractivity contribution in [2.75, 3.05) is 37.6 Å². The number of nitrogens with zero attached hydrogens (tertiary/aromatic N) is 4. The van der Waals surface area contributed by atoms with Crippen LogP contribution in [0.2, 0.25) is 0 Å². The van der Waals surface area contributed by atoms with Gasteiger partial charge in [-0.25, -0.2) is 4.68 Å². The molecule has 0 atom stereocenters. The molecular formula is C26H37N5O2. The summed E-state index contributed by atoms with van der Waals surface area (Å²) >= 11 is 0. The summed E-state index contributed by atoms with van der Waals surface area (Å²) in [6.07, 6.45) is 6.28. The summed E-state index contributed by atoms with van der Waals surface area (Å²) in [6, 6.07) is 12.7. The van der Waals surface area contributed by atoms with Crippen molar-refractivity contribution in [3.8, 4) is 0 Å². The summed E-state index contributed by atoms with van der Waals surface area (Å²) in [6.45, 7) is 7.23. The molecule has 2 aliphatic heterocycles. The van der Waals surface area contributed by atoms with Crippen LogP contribution in [0.1, 0.15) is 49.8 Å². The zero-order chi connectivity index (χ0) is 23.0. The average molecular weight is 452 g/mol. The number of likely N-dealkylation sites (tertiary alicyclic amines) is 1. The van der Waals surface area contributed by atoms with Crippen molar-refractivity contribution in [1.29, 1.82) is 0 Å². The number of fused-ring (bicyclic) bond motifs is 1. The number of hydrogen-bond acceptors (Lipinski definition) is 4. The SMILES string of the molecule is Cc1cc2n(n1)CCC(=O)N2CCCC(=O)NCCCN1CCC(Cc2ccccc2)CC1. The molecule has 0 spiro atoms. The predicted molar refractivity (Wildman–Crippen MR) is 130 cm³/mol. The number of carbonyl (C=O) groups excluding carboxylic acids is 2. The number of rotatable bonds is 10. The van der Waals surface area contributed by atoms with Gasteiger partial charge in [-0.3, -0.25) is 14.5 Å². The van der Waals surface area contributed by atoms with Crippen molar-refractivity contribution < 1.29 is 9.59 Å². The van der Waals surface area contributed by atoms with E-state index in [1.807, 2.05) is 17.7 Å². The summed E-state index contributed by atoms with van der Waals surface area (Å²) in [7, 11) is 0. The summed E-state index contributed by atoms with van der Waals surface area (Å²) < 4.78 is 1.89. The van der Waals surface area contributed by atoms with Gasteiger partial charge in [0.1, 0.15) is 5.82 Å². The summed E-state index contributed by atoms with van der Waals surface area (Å²) in [5, 5.41) is 7.48. The second-order valence-corrected chi connectivity index (χ2v) is 9.44. The lowest BCUT2D eigenvalue weighted by Crippen LogP contribution is -2.38. The molecule has 2 aromatic rings. The third kappa shape index (κ3) is 6.67. The number of hydrogen-bond donors (Lipinski definition) is 1. The molecule has 178 valence electrons. The van der Waals surface area contributed by atoms with Crippen LogP contribution in [0.5, 0.6) is 0 Å². The van der Waals surface area contributed by atoms with Crippen LogP contribution in [0.15, 0.2) is 36.4 Å². The second kappa shape index (κ2) is 11.5. The van der Waals surface area contributed by atoms with Gasteiger partial charge in [-0.15, -0.1) is 0 Å². The number of piperidine rings is 1. The molecule has 1 fully saturated rings. The Morgan fingerprint density at radius 3 is 2.67 bits per heavy atom. The standard InChI is InChI=1S/C26H37N5O2/c1-21-19-25-30(26(33)12-18-31(25)28-21)15-5-9-24(32)27-13-6-14-29-16-10-23(11-17-29)20-22-7-3-2-4-8-22/h2-4,7-8,19,23H,5-6,9-18,20H2,1H3,(H,27,32). The third-order valence-electron chi connectivity index (χ3n) is 6.83. The van der Waals surface area contributed by atoms with E-state index in [1.54, 1.807) is 4.90 Å².